The van der Waals surface area contributed by atoms with Crippen molar-refractivity contribution < 1.29 is 39.6 Å². The van der Waals surface area contributed by atoms with Gasteiger partial charge < -0.3 is 20.4 Å². The Kier molecular flexibility index (Phi) is 16.8. The van der Waals surface area contributed by atoms with Gasteiger partial charge in [-0.05, 0) is 74.9 Å². The number of carboxylic acid groups (broad SMARTS) is 4. The molecule has 0 radical (unpaired) electrons. The maximum absolute atomic E-state index is 11.2. The number of hydrogen-bond acceptors (Lipinski definition) is 8. The SMILES string of the molecule is CC(SCC[Si](CCSC(C)C(=O)O)(CCSC(C)C(=O)O)CCSC(C)C(=O)O)C(=O)O. The lowest BCUT2D eigenvalue weighted by Crippen LogP contribution is -2.38. The van der Waals surface area contributed by atoms with Gasteiger partial charge in [0.25, 0.3) is 0 Å². The number of hydrogen-bond donors (Lipinski definition) is 4. The Hall–Kier alpha value is -0.503. The molecule has 0 rings (SSSR count). The average molecular weight is 561 g/mol. The third-order valence-electron chi connectivity index (χ3n) is 5.39. The van der Waals surface area contributed by atoms with Gasteiger partial charge in [-0.3, -0.25) is 19.2 Å². The minimum absolute atomic E-state index is 0.527. The van der Waals surface area contributed by atoms with Gasteiger partial charge in [-0.2, -0.15) is 0 Å². The molecule has 0 aromatic heterocycles. The second kappa shape index (κ2) is 17.0. The molecular weight excluding hydrogens is 525 g/mol. The highest BCUT2D eigenvalue weighted by molar-refractivity contribution is 8.01. The minimum Gasteiger partial charge on any atom is -0.480 e. The summed E-state index contributed by atoms with van der Waals surface area (Å²) >= 11 is 5.51. The van der Waals surface area contributed by atoms with Crippen LogP contribution in [-0.2, 0) is 19.2 Å². The van der Waals surface area contributed by atoms with E-state index in [9.17, 15) is 39.6 Å². The van der Waals surface area contributed by atoms with E-state index in [-0.39, 0.29) is 0 Å². The van der Waals surface area contributed by atoms with Gasteiger partial charge in [-0.15, -0.1) is 47.0 Å². The van der Waals surface area contributed by atoms with Gasteiger partial charge in [0.05, 0.1) is 29.1 Å². The van der Waals surface area contributed by atoms with Crippen LogP contribution in [0.25, 0.3) is 0 Å². The average Bonchev–Trinajstić information content (AvgIpc) is 2.72. The van der Waals surface area contributed by atoms with Crippen molar-refractivity contribution in [3.8, 4) is 0 Å². The second-order valence-electron chi connectivity index (χ2n) is 7.91. The lowest BCUT2D eigenvalue weighted by Gasteiger charge is -2.33. The molecule has 0 saturated heterocycles. The Bertz CT molecular complexity index is 542. The lowest BCUT2D eigenvalue weighted by atomic mass is 10.5. The molecule has 0 aromatic rings. The Balaban J connectivity index is 5.41. The molecule has 192 valence electrons. The summed E-state index contributed by atoms with van der Waals surface area (Å²) in [6.45, 7) is 6.59. The first-order valence-corrected chi connectivity index (χ1v) is 17.7. The zero-order valence-electron chi connectivity index (χ0n) is 19.5. The number of rotatable bonds is 20. The number of aliphatic carboxylic acids is 4. The zero-order chi connectivity index (χ0) is 25.6. The Morgan fingerprint density at radius 2 is 0.697 bits per heavy atom. The first kappa shape index (κ1) is 32.5. The molecule has 33 heavy (non-hydrogen) atoms. The van der Waals surface area contributed by atoms with Crippen LogP contribution in [0.2, 0.25) is 24.2 Å². The van der Waals surface area contributed by atoms with E-state index in [4.69, 9.17) is 0 Å². The largest absolute Gasteiger partial charge is 0.480 e. The fourth-order valence-electron chi connectivity index (χ4n) is 2.84. The fraction of sp³-hybridized carbons (Fsp3) is 0.800. The van der Waals surface area contributed by atoms with Crippen LogP contribution in [0.1, 0.15) is 27.7 Å². The van der Waals surface area contributed by atoms with Crippen molar-refractivity contribution in [3.05, 3.63) is 0 Å². The molecule has 4 unspecified atom stereocenters. The molecule has 0 heterocycles. The highest BCUT2D eigenvalue weighted by atomic mass is 32.2. The lowest BCUT2D eigenvalue weighted by molar-refractivity contribution is -0.137. The quantitative estimate of drug-likeness (QED) is 0.158. The van der Waals surface area contributed by atoms with E-state index < -0.39 is 53.0 Å². The molecule has 13 heteroatoms. The molecule has 4 N–H and O–H groups in total. The van der Waals surface area contributed by atoms with Gasteiger partial charge in [-0.1, -0.05) is 0 Å². The molecule has 0 saturated carbocycles. The van der Waals surface area contributed by atoms with E-state index >= 15 is 0 Å². The Labute approximate surface area is 213 Å². The second-order valence-corrected chi connectivity index (χ2v) is 18.7. The van der Waals surface area contributed by atoms with E-state index in [0.717, 1.165) is 24.2 Å². The molecular formula is C20H36O8S4Si. The molecule has 0 fully saturated rings. The number of carbonyl (C=O) groups is 4. The first-order valence-electron chi connectivity index (χ1n) is 10.7. The first-order chi connectivity index (χ1) is 15.3. The standard InChI is InChI=1S/C20H36O8S4Si/c1-13(17(21)22)29-5-9-33(10-6-30-14(2)18(23)24,11-7-31-15(3)19(25)26)12-8-32-16(4)20(27)28/h13-16H,5-12H2,1-4H3,(H,21,22)(H,23,24)(H,25,26)(H,27,28). The maximum Gasteiger partial charge on any atom is 0.316 e. The van der Waals surface area contributed by atoms with E-state index in [1.165, 1.54) is 47.0 Å². The van der Waals surface area contributed by atoms with Crippen LogP contribution in [0.3, 0.4) is 0 Å². The third-order valence-corrected chi connectivity index (χ3v) is 16.7. The smallest absolute Gasteiger partial charge is 0.316 e. The van der Waals surface area contributed by atoms with Crippen molar-refractivity contribution in [2.24, 2.45) is 0 Å². The summed E-state index contributed by atoms with van der Waals surface area (Å²) in [6, 6.07) is 3.34. The van der Waals surface area contributed by atoms with Crippen LogP contribution in [-0.4, -0.2) is 96.4 Å². The molecule has 0 aliphatic carbocycles. The van der Waals surface area contributed by atoms with Crippen LogP contribution in [0.15, 0.2) is 0 Å². The number of carboxylic acids is 4. The summed E-state index contributed by atoms with van der Waals surface area (Å²) in [5.41, 5.74) is 0. The zero-order valence-corrected chi connectivity index (χ0v) is 23.8. The van der Waals surface area contributed by atoms with Gasteiger partial charge >= 0.3 is 23.9 Å². The minimum atomic E-state index is -2.06. The van der Waals surface area contributed by atoms with Gasteiger partial charge in [0, 0.05) is 0 Å². The van der Waals surface area contributed by atoms with Crippen molar-refractivity contribution >= 4 is 79.0 Å². The highest BCUT2D eigenvalue weighted by Crippen LogP contribution is 2.34. The van der Waals surface area contributed by atoms with E-state index in [1.807, 2.05) is 0 Å². The van der Waals surface area contributed by atoms with Crippen LogP contribution in [0.4, 0.5) is 0 Å². The molecule has 0 aliphatic rings. The summed E-state index contributed by atoms with van der Waals surface area (Å²) in [6.07, 6.45) is 0. The topological polar surface area (TPSA) is 149 Å². The van der Waals surface area contributed by atoms with Crippen LogP contribution < -0.4 is 0 Å². The molecule has 0 aromatic carbocycles. The summed E-state index contributed by atoms with van der Waals surface area (Å²) in [7, 11) is -2.06. The molecule has 0 spiro atoms. The normalized spacial score (nSPS) is 16.8. The summed E-state index contributed by atoms with van der Waals surface area (Å²) in [5.74, 6) is -0.808. The highest BCUT2D eigenvalue weighted by Gasteiger charge is 2.33. The van der Waals surface area contributed by atoms with E-state index in [1.54, 1.807) is 27.7 Å². The van der Waals surface area contributed by atoms with Crippen molar-refractivity contribution in [1.82, 2.24) is 0 Å². The number of thioether (sulfide) groups is 4. The summed E-state index contributed by atoms with van der Waals surface area (Å²) < 4.78 is 0. The summed E-state index contributed by atoms with van der Waals surface area (Å²) in [5, 5.41) is 34.6. The molecule has 0 aliphatic heterocycles. The predicted octanol–water partition coefficient (Wildman–Crippen LogP) is 4.26. The molecule has 8 nitrogen and oxygen atoms in total. The van der Waals surface area contributed by atoms with E-state index in [2.05, 4.69) is 0 Å². The van der Waals surface area contributed by atoms with E-state index in [0.29, 0.717) is 23.0 Å². The van der Waals surface area contributed by atoms with Gasteiger partial charge in [0.15, 0.2) is 0 Å². The van der Waals surface area contributed by atoms with Gasteiger partial charge in [-0.25, -0.2) is 0 Å². The Morgan fingerprint density at radius 3 is 0.848 bits per heavy atom. The van der Waals surface area contributed by atoms with Crippen LogP contribution >= 0.6 is 47.0 Å². The van der Waals surface area contributed by atoms with Gasteiger partial charge in [0.2, 0.25) is 0 Å². The van der Waals surface area contributed by atoms with Crippen molar-refractivity contribution in [3.63, 3.8) is 0 Å². The monoisotopic (exact) mass is 560 g/mol. The molecule has 4 atom stereocenters. The van der Waals surface area contributed by atoms with Crippen LogP contribution in [0, 0.1) is 0 Å². The fourth-order valence-corrected chi connectivity index (χ4v) is 15.1. The van der Waals surface area contributed by atoms with Gasteiger partial charge in [0.1, 0.15) is 0 Å². The maximum atomic E-state index is 11.2. The Morgan fingerprint density at radius 1 is 0.515 bits per heavy atom. The van der Waals surface area contributed by atoms with Crippen molar-refractivity contribution in [2.75, 3.05) is 23.0 Å². The third kappa shape index (κ3) is 14.5. The van der Waals surface area contributed by atoms with Crippen molar-refractivity contribution in [1.29, 1.82) is 0 Å². The summed E-state index contributed by atoms with van der Waals surface area (Å²) in [4.78, 5) is 44.8. The molecule has 0 amide bonds. The predicted molar refractivity (Wildman–Crippen MR) is 143 cm³/mol. The van der Waals surface area contributed by atoms with Crippen molar-refractivity contribution in [2.45, 2.75) is 72.9 Å². The molecule has 0 bridgehead atoms. The van der Waals surface area contributed by atoms with Crippen LogP contribution in [0.5, 0.6) is 0 Å².